The number of nitrogens with zero attached hydrogens (tertiary/aromatic N) is 3. The average molecular weight is 329 g/mol. The van der Waals surface area contributed by atoms with Crippen molar-refractivity contribution in [3.63, 3.8) is 0 Å². The highest BCUT2D eigenvalue weighted by Gasteiger charge is 2.14. The van der Waals surface area contributed by atoms with Crippen LogP contribution in [0.15, 0.2) is 43.0 Å². The summed E-state index contributed by atoms with van der Waals surface area (Å²) in [6, 6.07) is 3.79. The van der Waals surface area contributed by atoms with Crippen molar-refractivity contribution in [1.29, 1.82) is 0 Å². The topological polar surface area (TPSA) is 94.5 Å². The molecule has 3 N–H and O–H groups in total. The summed E-state index contributed by atoms with van der Waals surface area (Å²) in [4.78, 5) is 20.6. The van der Waals surface area contributed by atoms with Crippen molar-refractivity contribution in [2.45, 2.75) is 6.54 Å². The first-order valence-electron chi connectivity index (χ1n) is 7.35. The number of benzene rings is 1. The Labute approximate surface area is 137 Å². The van der Waals surface area contributed by atoms with Gasteiger partial charge < -0.3 is 15.8 Å². The Morgan fingerprint density at radius 1 is 1.38 bits per heavy atom. The second kappa shape index (κ2) is 7.05. The number of hydrogen-bond donors (Lipinski definition) is 2. The largest absolute Gasteiger partial charge is 0.491 e. The van der Waals surface area contributed by atoms with Gasteiger partial charge in [-0.05, 0) is 18.2 Å². The third kappa shape index (κ3) is 3.33. The number of ether oxygens (including phenoxy) is 1. The van der Waals surface area contributed by atoms with Crippen molar-refractivity contribution in [3.8, 4) is 5.75 Å². The average Bonchev–Trinajstić information content (AvgIpc) is 3.02. The van der Waals surface area contributed by atoms with Gasteiger partial charge in [-0.25, -0.2) is 9.37 Å². The van der Waals surface area contributed by atoms with E-state index in [1.807, 2.05) is 4.40 Å². The molecule has 0 bridgehead atoms. The van der Waals surface area contributed by atoms with Crippen LogP contribution in [-0.4, -0.2) is 33.4 Å². The molecule has 0 saturated carbocycles. The Morgan fingerprint density at radius 3 is 3.08 bits per heavy atom. The number of hydrogen-bond acceptors (Lipinski definition) is 5. The molecule has 0 saturated heterocycles. The van der Waals surface area contributed by atoms with Crippen LogP contribution >= 0.6 is 0 Å². The molecule has 1 amide bonds. The minimum atomic E-state index is -0.513. The lowest BCUT2D eigenvalue weighted by atomic mass is 10.2. The zero-order chi connectivity index (χ0) is 16.9. The van der Waals surface area contributed by atoms with Gasteiger partial charge in [0, 0.05) is 18.9 Å². The van der Waals surface area contributed by atoms with Gasteiger partial charge in [-0.1, -0.05) is 0 Å². The van der Waals surface area contributed by atoms with Crippen LogP contribution in [0.4, 0.5) is 4.39 Å². The second-order valence-electron chi connectivity index (χ2n) is 5.01. The summed E-state index contributed by atoms with van der Waals surface area (Å²) in [6.45, 7) is 0.775. The van der Waals surface area contributed by atoms with Crippen LogP contribution < -0.4 is 15.8 Å². The van der Waals surface area contributed by atoms with Crippen LogP contribution in [0.5, 0.6) is 5.75 Å². The van der Waals surface area contributed by atoms with Crippen molar-refractivity contribution in [1.82, 2.24) is 19.7 Å². The Balaban J connectivity index is 1.76. The molecule has 0 fully saturated rings. The summed E-state index contributed by atoms with van der Waals surface area (Å²) >= 11 is 0. The van der Waals surface area contributed by atoms with Gasteiger partial charge in [0.25, 0.3) is 5.91 Å². The van der Waals surface area contributed by atoms with Crippen molar-refractivity contribution in [2.24, 2.45) is 5.73 Å². The highest BCUT2D eigenvalue weighted by atomic mass is 19.1. The van der Waals surface area contributed by atoms with E-state index in [0.717, 1.165) is 11.8 Å². The summed E-state index contributed by atoms with van der Waals surface area (Å²) in [5.41, 5.74) is 6.98. The number of nitrogens with one attached hydrogen (secondary N) is 1. The Hall–Kier alpha value is -3.00. The number of carbonyl (C=O) groups is 1. The number of imidazole rings is 1. The molecule has 0 aliphatic rings. The molecule has 0 aliphatic carbocycles. The van der Waals surface area contributed by atoms with Gasteiger partial charge in [0.2, 0.25) is 0 Å². The van der Waals surface area contributed by atoms with Crippen molar-refractivity contribution in [3.05, 3.63) is 60.1 Å². The first-order chi connectivity index (χ1) is 11.7. The number of halogens is 1. The maximum atomic E-state index is 13.5. The lowest BCUT2D eigenvalue weighted by Crippen LogP contribution is -2.24. The van der Waals surface area contributed by atoms with Gasteiger partial charge in [-0.15, -0.1) is 0 Å². The fraction of sp³-hybridized carbons (Fsp3) is 0.188. The highest BCUT2D eigenvalue weighted by Crippen LogP contribution is 2.20. The first-order valence-corrected chi connectivity index (χ1v) is 7.35. The number of fused-ring (bicyclic) bond motifs is 1. The Morgan fingerprint density at radius 2 is 2.25 bits per heavy atom. The lowest BCUT2D eigenvalue weighted by Gasteiger charge is -2.11. The molecule has 0 aliphatic heterocycles. The summed E-state index contributed by atoms with van der Waals surface area (Å²) < 4.78 is 20.7. The minimum Gasteiger partial charge on any atom is -0.491 e. The molecule has 0 spiro atoms. The number of nitrogens with two attached hydrogens (primary N) is 1. The molecule has 8 heteroatoms. The van der Waals surface area contributed by atoms with E-state index in [9.17, 15) is 9.18 Å². The van der Waals surface area contributed by atoms with E-state index in [2.05, 4.69) is 15.3 Å². The number of aromatic nitrogens is 3. The zero-order valence-corrected chi connectivity index (χ0v) is 12.8. The molecule has 2 heterocycles. The molecule has 1 aromatic carbocycles. The van der Waals surface area contributed by atoms with Gasteiger partial charge >= 0.3 is 0 Å². The summed E-state index contributed by atoms with van der Waals surface area (Å²) in [7, 11) is 0. The molecule has 24 heavy (non-hydrogen) atoms. The summed E-state index contributed by atoms with van der Waals surface area (Å²) in [5.74, 6) is -0.659. The van der Waals surface area contributed by atoms with Crippen LogP contribution in [-0.2, 0) is 6.54 Å². The first kappa shape index (κ1) is 15.9. The van der Waals surface area contributed by atoms with E-state index in [4.69, 9.17) is 10.5 Å². The molecule has 2 aromatic heterocycles. The Kier molecular flexibility index (Phi) is 4.66. The molecule has 0 radical (unpaired) electrons. The van der Waals surface area contributed by atoms with E-state index in [1.165, 1.54) is 12.1 Å². The van der Waals surface area contributed by atoms with E-state index in [1.54, 1.807) is 24.8 Å². The molecule has 3 aromatic rings. The van der Waals surface area contributed by atoms with Gasteiger partial charge in [-0.3, -0.25) is 14.2 Å². The third-order valence-electron chi connectivity index (χ3n) is 3.39. The quantitative estimate of drug-likeness (QED) is 0.707. The number of amides is 1. The predicted molar refractivity (Wildman–Crippen MR) is 85.1 cm³/mol. The van der Waals surface area contributed by atoms with E-state index < -0.39 is 11.7 Å². The molecule has 3 rings (SSSR count). The highest BCUT2D eigenvalue weighted by molar-refractivity contribution is 5.96. The standard InChI is InChI=1S/C16H16FN5O2/c17-11-1-2-14(24-6-3-18)13(7-11)16(23)21-9-12-8-20-15-10-19-4-5-22(12)15/h1-2,4-5,7-8,10H,3,6,9,18H2,(H,21,23). The normalized spacial score (nSPS) is 10.8. The molecular weight excluding hydrogens is 313 g/mol. The van der Waals surface area contributed by atoms with Gasteiger partial charge in [0.15, 0.2) is 5.65 Å². The maximum Gasteiger partial charge on any atom is 0.255 e. The smallest absolute Gasteiger partial charge is 0.255 e. The molecular formula is C16H16FN5O2. The van der Waals surface area contributed by atoms with Gasteiger partial charge in [0.1, 0.15) is 18.2 Å². The van der Waals surface area contributed by atoms with E-state index >= 15 is 0 Å². The van der Waals surface area contributed by atoms with Crippen LogP contribution in [0.3, 0.4) is 0 Å². The predicted octanol–water partition coefficient (Wildman–Crippen LogP) is 1.14. The maximum absolute atomic E-state index is 13.5. The Bertz CT molecular complexity index is 865. The van der Waals surface area contributed by atoms with E-state index in [-0.39, 0.29) is 18.7 Å². The zero-order valence-electron chi connectivity index (χ0n) is 12.8. The molecule has 0 atom stereocenters. The summed E-state index contributed by atoms with van der Waals surface area (Å²) in [5, 5.41) is 2.74. The fourth-order valence-corrected chi connectivity index (χ4v) is 2.27. The van der Waals surface area contributed by atoms with Gasteiger partial charge in [0.05, 0.1) is 30.2 Å². The minimum absolute atomic E-state index is 0.124. The molecule has 7 nitrogen and oxygen atoms in total. The number of rotatable bonds is 6. The lowest BCUT2D eigenvalue weighted by molar-refractivity contribution is 0.0946. The SMILES string of the molecule is NCCOc1ccc(F)cc1C(=O)NCc1cnc2cnccn12. The summed E-state index contributed by atoms with van der Waals surface area (Å²) in [6.07, 6.45) is 6.65. The van der Waals surface area contributed by atoms with Crippen LogP contribution in [0, 0.1) is 5.82 Å². The van der Waals surface area contributed by atoms with Crippen LogP contribution in [0.1, 0.15) is 16.1 Å². The van der Waals surface area contributed by atoms with Crippen LogP contribution in [0.25, 0.3) is 5.65 Å². The van der Waals surface area contributed by atoms with Gasteiger partial charge in [-0.2, -0.15) is 0 Å². The van der Waals surface area contributed by atoms with Crippen molar-refractivity contribution in [2.75, 3.05) is 13.2 Å². The fourth-order valence-electron chi connectivity index (χ4n) is 2.27. The second-order valence-corrected chi connectivity index (χ2v) is 5.01. The van der Waals surface area contributed by atoms with E-state index in [0.29, 0.717) is 17.9 Å². The van der Waals surface area contributed by atoms with Crippen molar-refractivity contribution >= 4 is 11.6 Å². The van der Waals surface area contributed by atoms with Crippen molar-refractivity contribution < 1.29 is 13.9 Å². The third-order valence-corrected chi connectivity index (χ3v) is 3.39. The van der Waals surface area contributed by atoms with Crippen LogP contribution in [0.2, 0.25) is 0 Å². The molecule has 124 valence electrons. The monoisotopic (exact) mass is 329 g/mol. The number of carbonyl (C=O) groups excluding carboxylic acids is 1. The molecule has 0 unspecified atom stereocenters.